The van der Waals surface area contributed by atoms with Gasteiger partial charge in [0, 0.05) is 24.5 Å². The average Bonchev–Trinajstić information content (AvgIpc) is 2.80. The van der Waals surface area contributed by atoms with Gasteiger partial charge in [0.05, 0.1) is 6.10 Å². The predicted octanol–water partition coefficient (Wildman–Crippen LogP) is 1.77. The molecule has 1 aromatic rings. The van der Waals surface area contributed by atoms with Gasteiger partial charge in [0.2, 0.25) is 0 Å². The van der Waals surface area contributed by atoms with Crippen LogP contribution in [0.3, 0.4) is 0 Å². The Labute approximate surface area is 100 Å². The minimum Gasteiger partial charge on any atom is -0.382 e. The minimum atomic E-state index is -0.551. The van der Waals surface area contributed by atoms with Crippen molar-refractivity contribution >= 4 is 17.4 Å². The largest absolute Gasteiger partial charge is 0.382 e. The third kappa shape index (κ3) is 3.64. The second-order valence-corrected chi connectivity index (χ2v) is 4.08. The molecule has 0 spiro atoms. The molecule has 0 bridgehead atoms. The second-order valence-electron chi connectivity index (χ2n) is 4.08. The molecule has 4 N–H and O–H groups in total. The van der Waals surface area contributed by atoms with Gasteiger partial charge in [-0.05, 0) is 37.1 Å². The maximum atomic E-state index is 10.6. The van der Waals surface area contributed by atoms with Gasteiger partial charge >= 0.3 is 6.03 Å². The molecular formula is C12H17N3O2. The lowest BCUT2D eigenvalue weighted by molar-refractivity contribution is 0.120. The molecule has 0 radical (unpaired) electrons. The van der Waals surface area contributed by atoms with Crippen molar-refractivity contribution in [1.29, 1.82) is 0 Å². The van der Waals surface area contributed by atoms with Gasteiger partial charge in [-0.25, -0.2) is 4.79 Å². The van der Waals surface area contributed by atoms with Gasteiger partial charge in [0.15, 0.2) is 0 Å². The van der Waals surface area contributed by atoms with E-state index in [2.05, 4.69) is 10.6 Å². The Balaban J connectivity index is 1.82. The van der Waals surface area contributed by atoms with E-state index in [0.29, 0.717) is 11.8 Å². The van der Waals surface area contributed by atoms with Crippen LogP contribution >= 0.6 is 0 Å². The van der Waals surface area contributed by atoms with Crippen molar-refractivity contribution in [2.75, 3.05) is 23.8 Å². The first-order valence-electron chi connectivity index (χ1n) is 5.76. The quantitative estimate of drug-likeness (QED) is 0.744. The van der Waals surface area contributed by atoms with Crippen LogP contribution in [-0.2, 0) is 4.74 Å². The molecule has 0 aromatic heterocycles. The maximum absolute atomic E-state index is 10.6. The summed E-state index contributed by atoms with van der Waals surface area (Å²) >= 11 is 0. The minimum absolute atomic E-state index is 0.318. The predicted molar refractivity (Wildman–Crippen MR) is 67.1 cm³/mol. The highest BCUT2D eigenvalue weighted by atomic mass is 16.5. The third-order valence-electron chi connectivity index (χ3n) is 2.71. The molecule has 1 unspecified atom stereocenters. The number of benzene rings is 1. The number of urea groups is 1. The zero-order valence-corrected chi connectivity index (χ0v) is 9.61. The summed E-state index contributed by atoms with van der Waals surface area (Å²) < 4.78 is 5.51. The first-order valence-corrected chi connectivity index (χ1v) is 5.76. The molecule has 5 nitrogen and oxygen atoms in total. The topological polar surface area (TPSA) is 76.4 Å². The Kier molecular flexibility index (Phi) is 3.82. The van der Waals surface area contributed by atoms with Crippen molar-refractivity contribution in [3.8, 4) is 0 Å². The van der Waals surface area contributed by atoms with Gasteiger partial charge in [-0.2, -0.15) is 0 Å². The molecule has 92 valence electrons. The molecule has 0 saturated carbocycles. The fourth-order valence-corrected chi connectivity index (χ4v) is 1.85. The van der Waals surface area contributed by atoms with Gasteiger partial charge in [0.1, 0.15) is 0 Å². The van der Waals surface area contributed by atoms with Gasteiger partial charge < -0.3 is 21.1 Å². The molecule has 1 aliphatic rings. The van der Waals surface area contributed by atoms with E-state index < -0.39 is 6.03 Å². The van der Waals surface area contributed by atoms with Crippen LogP contribution in [0.4, 0.5) is 16.2 Å². The summed E-state index contributed by atoms with van der Waals surface area (Å²) in [4.78, 5) is 10.6. The monoisotopic (exact) mass is 235 g/mol. The van der Waals surface area contributed by atoms with Crippen LogP contribution in [0, 0.1) is 0 Å². The number of primary amides is 1. The van der Waals surface area contributed by atoms with Gasteiger partial charge in [-0.1, -0.05) is 0 Å². The van der Waals surface area contributed by atoms with E-state index in [1.54, 1.807) is 0 Å². The number of anilines is 2. The first kappa shape index (κ1) is 11.7. The molecule has 0 aliphatic carbocycles. The highest BCUT2D eigenvalue weighted by Gasteiger charge is 2.14. The smallest absolute Gasteiger partial charge is 0.316 e. The SMILES string of the molecule is NC(=O)Nc1ccc(NCC2CCCO2)cc1. The summed E-state index contributed by atoms with van der Waals surface area (Å²) in [5.41, 5.74) is 6.73. The van der Waals surface area contributed by atoms with E-state index in [1.807, 2.05) is 24.3 Å². The second kappa shape index (κ2) is 5.54. The summed E-state index contributed by atoms with van der Waals surface area (Å²) in [6, 6.07) is 6.87. The van der Waals surface area contributed by atoms with Gasteiger partial charge in [-0.3, -0.25) is 0 Å². The molecular weight excluding hydrogens is 218 g/mol. The van der Waals surface area contributed by atoms with Gasteiger partial charge in [0.25, 0.3) is 0 Å². The van der Waals surface area contributed by atoms with E-state index in [9.17, 15) is 4.79 Å². The number of amides is 2. The number of nitrogens with one attached hydrogen (secondary N) is 2. The van der Waals surface area contributed by atoms with Crippen LogP contribution < -0.4 is 16.4 Å². The highest BCUT2D eigenvalue weighted by Crippen LogP contribution is 2.16. The van der Waals surface area contributed by atoms with E-state index in [0.717, 1.165) is 31.7 Å². The highest BCUT2D eigenvalue weighted by molar-refractivity contribution is 5.87. The van der Waals surface area contributed by atoms with Crippen molar-refractivity contribution < 1.29 is 9.53 Å². The molecule has 17 heavy (non-hydrogen) atoms. The van der Waals surface area contributed by atoms with Crippen LogP contribution in [0.1, 0.15) is 12.8 Å². The Morgan fingerprint density at radius 1 is 1.35 bits per heavy atom. The van der Waals surface area contributed by atoms with E-state index in [-0.39, 0.29) is 0 Å². The maximum Gasteiger partial charge on any atom is 0.316 e. The zero-order chi connectivity index (χ0) is 12.1. The number of nitrogens with two attached hydrogens (primary N) is 1. The Hall–Kier alpha value is -1.75. The third-order valence-corrected chi connectivity index (χ3v) is 2.71. The summed E-state index contributed by atoms with van der Waals surface area (Å²) in [5, 5.41) is 5.81. The molecule has 1 atom stereocenters. The average molecular weight is 235 g/mol. The lowest BCUT2D eigenvalue weighted by atomic mass is 10.2. The molecule has 1 heterocycles. The number of hydrogen-bond donors (Lipinski definition) is 3. The molecule has 2 rings (SSSR count). The molecule has 2 amide bonds. The fourth-order valence-electron chi connectivity index (χ4n) is 1.85. The van der Waals surface area contributed by atoms with Crippen molar-refractivity contribution in [2.45, 2.75) is 18.9 Å². The van der Waals surface area contributed by atoms with Crippen molar-refractivity contribution in [3.63, 3.8) is 0 Å². The van der Waals surface area contributed by atoms with Crippen molar-refractivity contribution in [3.05, 3.63) is 24.3 Å². The molecule has 1 aromatic carbocycles. The lowest BCUT2D eigenvalue weighted by Gasteiger charge is -2.12. The lowest BCUT2D eigenvalue weighted by Crippen LogP contribution is -2.19. The van der Waals surface area contributed by atoms with Crippen LogP contribution in [0.2, 0.25) is 0 Å². The number of carbonyl (C=O) groups is 1. The summed E-state index contributed by atoms with van der Waals surface area (Å²) in [5.74, 6) is 0. The fraction of sp³-hybridized carbons (Fsp3) is 0.417. The molecule has 1 fully saturated rings. The number of carbonyl (C=O) groups excluding carboxylic acids is 1. The molecule has 1 saturated heterocycles. The Bertz CT molecular complexity index is 372. The number of hydrogen-bond acceptors (Lipinski definition) is 3. The van der Waals surface area contributed by atoms with Crippen LogP contribution in [-0.4, -0.2) is 25.3 Å². The summed E-state index contributed by atoms with van der Waals surface area (Å²) in [7, 11) is 0. The summed E-state index contributed by atoms with van der Waals surface area (Å²) in [6.45, 7) is 1.69. The Morgan fingerprint density at radius 3 is 2.65 bits per heavy atom. The van der Waals surface area contributed by atoms with Crippen molar-refractivity contribution in [1.82, 2.24) is 0 Å². The number of rotatable bonds is 4. The van der Waals surface area contributed by atoms with Crippen LogP contribution in [0.5, 0.6) is 0 Å². The normalized spacial score (nSPS) is 18.9. The van der Waals surface area contributed by atoms with Crippen molar-refractivity contribution in [2.24, 2.45) is 5.73 Å². The standard InChI is InChI=1S/C12H17N3O2/c13-12(16)15-10-5-3-9(4-6-10)14-8-11-2-1-7-17-11/h3-6,11,14H,1-2,7-8H2,(H3,13,15,16). The molecule has 1 aliphatic heterocycles. The first-order chi connectivity index (χ1) is 8.24. The Morgan fingerprint density at radius 2 is 2.06 bits per heavy atom. The van der Waals surface area contributed by atoms with E-state index >= 15 is 0 Å². The summed E-state index contributed by atoms with van der Waals surface area (Å²) in [6.07, 6.45) is 2.58. The molecule has 5 heteroatoms. The zero-order valence-electron chi connectivity index (χ0n) is 9.61. The van der Waals surface area contributed by atoms with Gasteiger partial charge in [-0.15, -0.1) is 0 Å². The van der Waals surface area contributed by atoms with Crippen LogP contribution in [0.25, 0.3) is 0 Å². The number of ether oxygens (including phenoxy) is 1. The van der Waals surface area contributed by atoms with Crippen LogP contribution in [0.15, 0.2) is 24.3 Å². The van der Waals surface area contributed by atoms with E-state index in [1.165, 1.54) is 0 Å². The van der Waals surface area contributed by atoms with E-state index in [4.69, 9.17) is 10.5 Å².